The van der Waals surface area contributed by atoms with E-state index in [0.717, 1.165) is 22.6 Å². The SMILES string of the molecule is Cc1cc(C(=O)COC(=O)c2cc(F)ccc2Br)c(C)n1-c1nccs1. The number of halogens is 2. The first-order chi connectivity index (χ1) is 12.4. The maximum Gasteiger partial charge on any atom is 0.339 e. The van der Waals surface area contributed by atoms with Gasteiger partial charge < -0.3 is 4.74 Å². The molecule has 2 aromatic heterocycles. The molecule has 0 radical (unpaired) electrons. The molecule has 0 bridgehead atoms. The Hall–Kier alpha value is -2.32. The van der Waals surface area contributed by atoms with Crippen molar-refractivity contribution in [1.29, 1.82) is 0 Å². The highest BCUT2D eigenvalue weighted by Gasteiger charge is 2.20. The van der Waals surface area contributed by atoms with Crippen molar-refractivity contribution in [3.63, 3.8) is 0 Å². The zero-order valence-corrected chi connectivity index (χ0v) is 16.4. The molecule has 0 aliphatic rings. The maximum atomic E-state index is 13.3. The van der Waals surface area contributed by atoms with Crippen LogP contribution in [0.5, 0.6) is 0 Å². The number of aryl methyl sites for hydroxylation is 1. The average molecular weight is 437 g/mol. The largest absolute Gasteiger partial charge is 0.454 e. The van der Waals surface area contributed by atoms with E-state index in [0.29, 0.717) is 10.0 Å². The fourth-order valence-electron chi connectivity index (χ4n) is 2.61. The second kappa shape index (κ2) is 7.51. The highest BCUT2D eigenvalue weighted by molar-refractivity contribution is 9.10. The van der Waals surface area contributed by atoms with E-state index in [2.05, 4.69) is 20.9 Å². The molecule has 0 amide bonds. The average Bonchev–Trinajstić information content (AvgIpc) is 3.22. The van der Waals surface area contributed by atoms with Crippen LogP contribution in [0.3, 0.4) is 0 Å². The van der Waals surface area contributed by atoms with E-state index in [1.807, 2.05) is 23.8 Å². The molecule has 0 spiro atoms. The summed E-state index contributed by atoms with van der Waals surface area (Å²) in [7, 11) is 0. The number of ether oxygens (including phenoxy) is 1. The highest BCUT2D eigenvalue weighted by Crippen LogP contribution is 2.23. The van der Waals surface area contributed by atoms with Crippen LogP contribution in [0.15, 0.2) is 40.3 Å². The van der Waals surface area contributed by atoms with E-state index in [9.17, 15) is 14.0 Å². The maximum absolute atomic E-state index is 13.3. The Morgan fingerprint density at radius 3 is 2.73 bits per heavy atom. The molecule has 0 aliphatic carbocycles. The fourth-order valence-corrected chi connectivity index (χ4v) is 3.77. The van der Waals surface area contributed by atoms with E-state index in [1.165, 1.54) is 23.5 Å². The zero-order chi connectivity index (χ0) is 18.8. The van der Waals surface area contributed by atoms with Crippen molar-refractivity contribution in [3.8, 4) is 5.13 Å². The molecule has 2 heterocycles. The number of carbonyl (C=O) groups is 2. The monoisotopic (exact) mass is 436 g/mol. The Bertz CT molecular complexity index is 983. The molecule has 26 heavy (non-hydrogen) atoms. The third-order valence-electron chi connectivity index (χ3n) is 3.82. The van der Waals surface area contributed by atoms with Gasteiger partial charge in [-0.2, -0.15) is 0 Å². The van der Waals surface area contributed by atoms with Crippen LogP contribution in [0.1, 0.15) is 32.1 Å². The molecule has 3 aromatic rings. The predicted molar refractivity (Wildman–Crippen MR) is 99.6 cm³/mol. The quantitative estimate of drug-likeness (QED) is 0.436. The third-order valence-corrected chi connectivity index (χ3v) is 5.27. The number of nitrogens with zero attached hydrogens (tertiary/aromatic N) is 2. The van der Waals surface area contributed by atoms with E-state index >= 15 is 0 Å². The number of esters is 1. The van der Waals surface area contributed by atoms with Gasteiger partial charge in [-0.3, -0.25) is 9.36 Å². The number of rotatable bonds is 5. The molecular formula is C18H14BrFN2O3S. The Kier molecular flexibility index (Phi) is 5.33. The number of aromatic nitrogens is 2. The van der Waals surface area contributed by atoms with Crippen LogP contribution in [0.25, 0.3) is 5.13 Å². The van der Waals surface area contributed by atoms with Crippen LogP contribution in [0.4, 0.5) is 4.39 Å². The number of Topliss-reactive ketones (excluding diaryl/α,β-unsaturated/α-hetero) is 1. The van der Waals surface area contributed by atoms with Crippen LogP contribution in [0.2, 0.25) is 0 Å². The minimum absolute atomic E-state index is 0.0334. The minimum atomic E-state index is -0.765. The van der Waals surface area contributed by atoms with Gasteiger partial charge in [-0.1, -0.05) is 0 Å². The van der Waals surface area contributed by atoms with Crippen molar-refractivity contribution in [2.24, 2.45) is 0 Å². The molecule has 0 atom stereocenters. The lowest BCUT2D eigenvalue weighted by Crippen LogP contribution is -2.15. The van der Waals surface area contributed by atoms with Crippen LogP contribution in [-0.4, -0.2) is 27.9 Å². The van der Waals surface area contributed by atoms with Crippen LogP contribution >= 0.6 is 27.3 Å². The van der Waals surface area contributed by atoms with Gasteiger partial charge in [0.05, 0.1) is 5.56 Å². The first-order valence-corrected chi connectivity index (χ1v) is 9.30. The van der Waals surface area contributed by atoms with Crippen molar-refractivity contribution in [2.45, 2.75) is 13.8 Å². The van der Waals surface area contributed by atoms with Gasteiger partial charge in [0.25, 0.3) is 0 Å². The van der Waals surface area contributed by atoms with Gasteiger partial charge in [0.15, 0.2) is 11.7 Å². The Labute approximate surface area is 161 Å². The fraction of sp³-hybridized carbons (Fsp3) is 0.167. The second-order valence-electron chi connectivity index (χ2n) is 5.56. The van der Waals surface area contributed by atoms with E-state index in [-0.39, 0.29) is 11.3 Å². The molecule has 0 N–H and O–H groups in total. The first kappa shape index (κ1) is 18.5. The summed E-state index contributed by atoms with van der Waals surface area (Å²) < 4.78 is 20.6. The highest BCUT2D eigenvalue weighted by atomic mass is 79.9. The van der Waals surface area contributed by atoms with Gasteiger partial charge in [0.2, 0.25) is 5.78 Å². The normalized spacial score (nSPS) is 10.8. The van der Waals surface area contributed by atoms with Crippen molar-refractivity contribution in [1.82, 2.24) is 9.55 Å². The molecular weight excluding hydrogens is 423 g/mol. The summed E-state index contributed by atoms with van der Waals surface area (Å²) in [5.41, 5.74) is 2.08. The summed E-state index contributed by atoms with van der Waals surface area (Å²) in [5, 5.41) is 2.62. The molecule has 0 saturated carbocycles. The lowest BCUT2D eigenvalue weighted by Gasteiger charge is -2.07. The van der Waals surface area contributed by atoms with Gasteiger partial charge in [-0.15, -0.1) is 11.3 Å². The topological polar surface area (TPSA) is 61.2 Å². The summed E-state index contributed by atoms with van der Waals surface area (Å²) in [4.78, 5) is 28.9. The molecule has 0 saturated heterocycles. The van der Waals surface area contributed by atoms with Gasteiger partial charge in [-0.05, 0) is 54.0 Å². The summed E-state index contributed by atoms with van der Waals surface area (Å²) in [6, 6.07) is 5.44. The van der Waals surface area contributed by atoms with Gasteiger partial charge in [-0.25, -0.2) is 14.2 Å². The van der Waals surface area contributed by atoms with Crippen LogP contribution in [0, 0.1) is 19.7 Å². The Morgan fingerprint density at radius 1 is 1.27 bits per heavy atom. The lowest BCUT2D eigenvalue weighted by atomic mass is 10.1. The standard InChI is InChI=1S/C18H14BrFN2O3S/c1-10-7-13(11(2)22(10)18-21-5-6-26-18)16(23)9-25-17(24)14-8-12(20)3-4-15(14)19/h3-8H,9H2,1-2H3. The van der Waals surface area contributed by atoms with Gasteiger partial charge in [0.1, 0.15) is 5.82 Å². The molecule has 3 rings (SSSR count). The molecule has 0 aliphatic heterocycles. The summed E-state index contributed by atoms with van der Waals surface area (Å²) >= 11 is 4.63. The number of hydrogen-bond donors (Lipinski definition) is 0. The van der Waals surface area contributed by atoms with Crippen molar-refractivity contribution >= 4 is 39.0 Å². The summed E-state index contributed by atoms with van der Waals surface area (Å²) in [6.45, 7) is 3.26. The minimum Gasteiger partial charge on any atom is -0.454 e. The van der Waals surface area contributed by atoms with Crippen LogP contribution < -0.4 is 0 Å². The Morgan fingerprint density at radius 2 is 2.04 bits per heavy atom. The second-order valence-corrected chi connectivity index (χ2v) is 7.29. The first-order valence-electron chi connectivity index (χ1n) is 7.62. The molecule has 0 fully saturated rings. The van der Waals surface area contributed by atoms with Gasteiger partial charge in [0, 0.05) is 33.0 Å². The smallest absolute Gasteiger partial charge is 0.339 e. The van der Waals surface area contributed by atoms with Gasteiger partial charge >= 0.3 is 5.97 Å². The number of ketones is 1. The summed E-state index contributed by atoms with van der Waals surface area (Å²) in [5.74, 6) is -1.65. The third kappa shape index (κ3) is 3.61. The number of benzene rings is 1. The van der Waals surface area contributed by atoms with Crippen molar-refractivity contribution in [3.05, 3.63) is 68.6 Å². The number of carbonyl (C=O) groups excluding carboxylic acids is 2. The molecule has 1 aromatic carbocycles. The van der Waals surface area contributed by atoms with Crippen LogP contribution in [-0.2, 0) is 4.74 Å². The summed E-state index contributed by atoms with van der Waals surface area (Å²) in [6.07, 6.45) is 1.69. The Balaban J connectivity index is 1.76. The molecule has 8 heteroatoms. The lowest BCUT2D eigenvalue weighted by molar-refractivity contribution is 0.0473. The predicted octanol–water partition coefficient (Wildman–Crippen LogP) is 4.49. The van der Waals surface area contributed by atoms with E-state index < -0.39 is 18.4 Å². The van der Waals surface area contributed by atoms with Crippen molar-refractivity contribution in [2.75, 3.05) is 6.61 Å². The molecule has 134 valence electrons. The molecule has 0 unspecified atom stereocenters. The molecule has 5 nitrogen and oxygen atoms in total. The van der Waals surface area contributed by atoms with Crippen molar-refractivity contribution < 1.29 is 18.7 Å². The number of hydrogen-bond acceptors (Lipinski definition) is 5. The van der Waals surface area contributed by atoms with E-state index in [1.54, 1.807) is 12.3 Å². The van der Waals surface area contributed by atoms with E-state index in [4.69, 9.17) is 4.74 Å². The number of thiazole rings is 1. The zero-order valence-electron chi connectivity index (χ0n) is 14.0.